The molecule has 3 saturated heterocycles. The number of likely N-dealkylation sites (tertiary alicyclic amines) is 1. The minimum atomic E-state index is -1.02. The van der Waals surface area contributed by atoms with Gasteiger partial charge in [-0.1, -0.05) is 63.9 Å². The molecule has 3 amide bonds. The highest BCUT2D eigenvalue weighted by molar-refractivity contribution is 5.99. The number of nitrogens with one attached hydrogen (secondary N) is 2. The smallest absolute Gasteiger partial charge is 0.246 e. The predicted molar refractivity (Wildman–Crippen MR) is 154 cm³/mol. The molecule has 3 N–H and O–H groups in total. The van der Waals surface area contributed by atoms with Gasteiger partial charge in [-0.15, -0.1) is 0 Å². The van der Waals surface area contributed by atoms with Crippen molar-refractivity contribution < 1.29 is 24.2 Å². The number of carbonyl (C=O) groups is 3. The number of nitrogens with zero attached hydrogens (tertiary/aromatic N) is 1. The number of rotatable bonds is 12. The summed E-state index contributed by atoms with van der Waals surface area (Å²) in [5.41, 5.74) is -1.30. The van der Waals surface area contributed by atoms with E-state index in [0.717, 1.165) is 37.7 Å². The third kappa shape index (κ3) is 6.08. The lowest BCUT2D eigenvalue weighted by atomic mass is 9.66. The van der Waals surface area contributed by atoms with Crippen molar-refractivity contribution >= 4 is 17.7 Å². The van der Waals surface area contributed by atoms with Crippen molar-refractivity contribution in [2.24, 2.45) is 17.3 Å². The molecule has 1 spiro atoms. The number of ether oxygens (including phenoxy) is 1. The Bertz CT molecular complexity index is 1080. The Morgan fingerprint density at radius 2 is 1.70 bits per heavy atom. The third-order valence-electron chi connectivity index (χ3n) is 8.86. The summed E-state index contributed by atoms with van der Waals surface area (Å²) < 4.78 is 6.73. The van der Waals surface area contributed by atoms with Crippen molar-refractivity contribution in [1.29, 1.82) is 0 Å². The molecule has 3 aliphatic rings. The molecule has 1 aromatic rings. The lowest BCUT2D eigenvalue weighted by molar-refractivity contribution is -0.147. The van der Waals surface area contributed by atoms with Gasteiger partial charge in [-0.05, 0) is 63.9 Å². The average Bonchev–Trinajstić information content (AvgIpc) is 3.42. The minimum absolute atomic E-state index is 0.00716. The van der Waals surface area contributed by atoms with E-state index in [0.29, 0.717) is 25.9 Å². The van der Waals surface area contributed by atoms with Crippen molar-refractivity contribution in [2.45, 2.75) is 116 Å². The van der Waals surface area contributed by atoms with Gasteiger partial charge in [-0.2, -0.15) is 0 Å². The highest BCUT2D eigenvalue weighted by atomic mass is 16.5. The molecule has 0 aromatic heterocycles. The van der Waals surface area contributed by atoms with Crippen LogP contribution in [0.5, 0.6) is 0 Å². The van der Waals surface area contributed by atoms with Gasteiger partial charge < -0.3 is 25.4 Å². The van der Waals surface area contributed by atoms with Crippen LogP contribution in [0.1, 0.15) is 92.1 Å². The summed E-state index contributed by atoms with van der Waals surface area (Å²) in [6.45, 7) is 13.4. The van der Waals surface area contributed by atoms with Crippen molar-refractivity contribution in [3.05, 3.63) is 35.9 Å². The van der Waals surface area contributed by atoms with Gasteiger partial charge in [0.1, 0.15) is 11.6 Å². The molecule has 8 nitrogen and oxygen atoms in total. The summed E-state index contributed by atoms with van der Waals surface area (Å²) in [6, 6.07) is 8.93. The van der Waals surface area contributed by atoms with E-state index in [2.05, 4.69) is 31.4 Å². The molecule has 0 saturated carbocycles. The van der Waals surface area contributed by atoms with Crippen LogP contribution < -0.4 is 10.6 Å². The number of aliphatic hydroxyl groups excluding tert-OH is 1. The maximum atomic E-state index is 14.2. The Morgan fingerprint density at radius 1 is 1.02 bits per heavy atom. The first-order valence-corrected chi connectivity index (χ1v) is 15.0. The maximum Gasteiger partial charge on any atom is 0.246 e. The standard InChI is InChI=1S/C32H49N3O5/c1-29(2,3)21-30(4,5)34-27(38)25-32-17-16-31(6,40-32)23(26(37)33-20-22-14-10-9-11-15-22)24(32)28(39)35(25)18-12-7-8-13-19-36/h9-11,14-15,23-25,36H,7-8,12-13,16-21H2,1-6H3,(H,33,37)(H,34,38)/t23-,24+,25?,31+,32?/m1/s1. The van der Waals surface area contributed by atoms with Gasteiger partial charge in [0.15, 0.2) is 0 Å². The molecular weight excluding hydrogens is 506 g/mol. The molecule has 3 aliphatic heterocycles. The number of fused-ring (bicyclic) bond motifs is 1. The van der Waals surface area contributed by atoms with Crippen molar-refractivity contribution in [2.75, 3.05) is 13.2 Å². The molecule has 40 heavy (non-hydrogen) atoms. The van der Waals surface area contributed by atoms with E-state index in [1.807, 2.05) is 51.1 Å². The lowest BCUT2D eigenvalue weighted by Gasteiger charge is -2.38. The summed E-state index contributed by atoms with van der Waals surface area (Å²) in [5.74, 6) is -1.90. The van der Waals surface area contributed by atoms with E-state index in [9.17, 15) is 14.4 Å². The molecule has 3 heterocycles. The van der Waals surface area contributed by atoms with Crippen LogP contribution in [0.15, 0.2) is 30.3 Å². The normalized spacial score (nSPS) is 29.5. The Hall–Kier alpha value is -2.45. The third-order valence-corrected chi connectivity index (χ3v) is 8.86. The van der Waals surface area contributed by atoms with Crippen molar-refractivity contribution in [3.8, 4) is 0 Å². The van der Waals surface area contributed by atoms with Gasteiger partial charge in [-0.25, -0.2) is 0 Å². The van der Waals surface area contributed by atoms with Crippen LogP contribution in [0.25, 0.3) is 0 Å². The van der Waals surface area contributed by atoms with E-state index in [1.165, 1.54) is 0 Å². The molecular formula is C32H49N3O5. The molecule has 0 aliphatic carbocycles. The van der Waals surface area contributed by atoms with Crippen LogP contribution >= 0.6 is 0 Å². The monoisotopic (exact) mass is 555 g/mol. The molecule has 2 bridgehead atoms. The SMILES string of the molecule is CC(C)(C)CC(C)(C)NC(=O)C1N(CCCCCCO)C(=O)[C@@H]2[C@H](C(=O)NCc3ccccc3)[C@]3(C)CCC12O3. The number of benzene rings is 1. The van der Waals surface area contributed by atoms with Gasteiger partial charge in [0.05, 0.1) is 17.4 Å². The number of aliphatic hydroxyl groups is 1. The first kappa shape index (κ1) is 30.5. The van der Waals surface area contributed by atoms with Crippen molar-refractivity contribution in [3.63, 3.8) is 0 Å². The molecule has 3 fully saturated rings. The number of unbranched alkanes of at least 4 members (excludes halogenated alkanes) is 3. The topological polar surface area (TPSA) is 108 Å². The molecule has 2 unspecified atom stereocenters. The minimum Gasteiger partial charge on any atom is -0.396 e. The first-order valence-electron chi connectivity index (χ1n) is 15.0. The Balaban J connectivity index is 1.61. The average molecular weight is 556 g/mol. The highest BCUT2D eigenvalue weighted by Gasteiger charge is 2.77. The van der Waals surface area contributed by atoms with E-state index in [1.54, 1.807) is 4.90 Å². The van der Waals surface area contributed by atoms with E-state index in [4.69, 9.17) is 9.84 Å². The van der Waals surface area contributed by atoms with Gasteiger partial charge in [0.2, 0.25) is 17.7 Å². The fraction of sp³-hybridized carbons (Fsp3) is 0.719. The second-order valence-electron chi connectivity index (χ2n) is 14.2. The largest absolute Gasteiger partial charge is 0.396 e. The second kappa shape index (κ2) is 11.4. The maximum absolute atomic E-state index is 14.2. The predicted octanol–water partition coefficient (Wildman–Crippen LogP) is 3.95. The summed E-state index contributed by atoms with van der Waals surface area (Å²) in [6.07, 6.45) is 5.13. The zero-order chi connectivity index (χ0) is 29.3. The van der Waals surface area contributed by atoms with Crippen LogP contribution in [0.2, 0.25) is 0 Å². The van der Waals surface area contributed by atoms with E-state index in [-0.39, 0.29) is 29.7 Å². The molecule has 5 atom stereocenters. The van der Waals surface area contributed by atoms with Crippen LogP contribution in [0, 0.1) is 17.3 Å². The van der Waals surface area contributed by atoms with Gasteiger partial charge >= 0.3 is 0 Å². The van der Waals surface area contributed by atoms with Crippen LogP contribution in [-0.2, 0) is 25.7 Å². The Kier molecular flexibility index (Phi) is 8.72. The Morgan fingerprint density at radius 3 is 2.35 bits per heavy atom. The van der Waals surface area contributed by atoms with Gasteiger partial charge in [0.25, 0.3) is 0 Å². The fourth-order valence-corrected chi connectivity index (χ4v) is 7.78. The molecule has 8 heteroatoms. The summed E-state index contributed by atoms with van der Waals surface area (Å²) in [7, 11) is 0. The van der Waals surface area contributed by atoms with Gasteiger partial charge in [0, 0.05) is 25.2 Å². The quantitative estimate of drug-likeness (QED) is 0.339. The Labute approximate surface area is 239 Å². The summed E-state index contributed by atoms with van der Waals surface area (Å²) in [5, 5.41) is 15.5. The molecule has 222 valence electrons. The van der Waals surface area contributed by atoms with Crippen molar-refractivity contribution in [1.82, 2.24) is 15.5 Å². The van der Waals surface area contributed by atoms with Crippen LogP contribution in [0.3, 0.4) is 0 Å². The molecule has 1 aromatic carbocycles. The number of amides is 3. The number of hydrogen-bond acceptors (Lipinski definition) is 5. The molecule has 4 rings (SSSR count). The van der Waals surface area contributed by atoms with Crippen LogP contribution in [-0.4, -0.2) is 63.7 Å². The van der Waals surface area contributed by atoms with Gasteiger partial charge in [-0.3, -0.25) is 14.4 Å². The first-order chi connectivity index (χ1) is 18.7. The lowest BCUT2D eigenvalue weighted by Crippen LogP contribution is -2.59. The number of hydrogen-bond donors (Lipinski definition) is 3. The second-order valence-corrected chi connectivity index (χ2v) is 14.2. The van der Waals surface area contributed by atoms with Crippen LogP contribution in [0.4, 0.5) is 0 Å². The summed E-state index contributed by atoms with van der Waals surface area (Å²) in [4.78, 5) is 43.7. The highest BCUT2D eigenvalue weighted by Crippen LogP contribution is 2.63. The zero-order valence-corrected chi connectivity index (χ0v) is 25.2. The summed E-state index contributed by atoms with van der Waals surface area (Å²) >= 11 is 0. The number of carbonyl (C=O) groups excluding carboxylic acids is 3. The molecule has 0 radical (unpaired) electrons. The van der Waals surface area contributed by atoms with E-state index < -0.39 is 34.6 Å². The van der Waals surface area contributed by atoms with E-state index >= 15 is 0 Å². The fourth-order valence-electron chi connectivity index (χ4n) is 7.78. The zero-order valence-electron chi connectivity index (χ0n) is 25.2.